The number of rotatable bonds is 6. The summed E-state index contributed by atoms with van der Waals surface area (Å²) >= 11 is 1.55. The fraction of sp³-hybridized carbons (Fsp3) is 0.889. The first-order chi connectivity index (χ1) is 11.4. The van der Waals surface area contributed by atoms with Gasteiger partial charge in [0.2, 0.25) is 5.16 Å². The van der Waals surface area contributed by atoms with E-state index in [-0.39, 0.29) is 10.7 Å². The van der Waals surface area contributed by atoms with Crippen molar-refractivity contribution in [3.05, 3.63) is 0 Å². The first-order valence-electron chi connectivity index (χ1n) is 9.42. The SMILES string of the molecule is CC(C)Cn1nnnc1SC(C)C(=O)C12CC3CC(CC(C3)C1)C2. The molecule has 1 aromatic heterocycles. The van der Waals surface area contributed by atoms with Gasteiger partial charge in [-0.2, -0.15) is 0 Å². The third-order valence-corrected chi connectivity index (χ3v) is 7.32. The average molecular weight is 349 g/mol. The standard InChI is InChI=1S/C18H28N4OS/c1-11(2)10-22-17(19-20-21-22)24-12(3)16(23)18-7-13-4-14(8-18)6-15(5-13)9-18/h11-15H,4-10H2,1-3H3. The van der Waals surface area contributed by atoms with Gasteiger partial charge in [0.25, 0.3) is 0 Å². The molecule has 4 bridgehead atoms. The van der Waals surface area contributed by atoms with Gasteiger partial charge in [-0.1, -0.05) is 25.6 Å². The predicted molar refractivity (Wildman–Crippen MR) is 93.6 cm³/mol. The molecule has 0 spiro atoms. The Balaban J connectivity index is 1.48. The molecule has 0 radical (unpaired) electrons. The minimum absolute atomic E-state index is 0.0303. The lowest BCUT2D eigenvalue weighted by molar-refractivity contribution is -0.142. The molecular formula is C18H28N4OS. The Labute approximate surface area is 148 Å². The first kappa shape index (κ1) is 16.6. The Kier molecular flexibility index (Phi) is 4.22. The quantitative estimate of drug-likeness (QED) is 0.735. The molecule has 0 saturated heterocycles. The van der Waals surface area contributed by atoms with E-state index in [0.29, 0.717) is 11.7 Å². The fourth-order valence-corrected chi connectivity index (χ4v) is 6.79. The lowest BCUT2D eigenvalue weighted by Crippen LogP contribution is -2.51. The van der Waals surface area contributed by atoms with Crippen molar-refractivity contribution in [1.82, 2.24) is 20.2 Å². The predicted octanol–water partition coefficient (Wildman–Crippen LogP) is 3.60. The Morgan fingerprint density at radius 3 is 2.29 bits per heavy atom. The zero-order chi connectivity index (χ0) is 16.9. The van der Waals surface area contributed by atoms with Crippen molar-refractivity contribution >= 4 is 17.5 Å². The summed E-state index contributed by atoms with van der Waals surface area (Å²) in [5.74, 6) is 3.38. The van der Waals surface area contributed by atoms with Crippen molar-refractivity contribution in [2.45, 2.75) is 76.2 Å². The number of carbonyl (C=O) groups is 1. The maximum atomic E-state index is 13.4. The van der Waals surface area contributed by atoms with Crippen molar-refractivity contribution in [2.75, 3.05) is 0 Å². The molecule has 1 atom stereocenters. The van der Waals surface area contributed by atoms with Crippen LogP contribution in [-0.4, -0.2) is 31.2 Å². The third kappa shape index (κ3) is 2.91. The number of tetrazole rings is 1. The van der Waals surface area contributed by atoms with Gasteiger partial charge in [0.1, 0.15) is 0 Å². The summed E-state index contributed by atoms with van der Waals surface area (Å²) in [5, 5.41) is 12.8. The number of nitrogens with zero attached hydrogens (tertiary/aromatic N) is 4. The molecule has 5 nitrogen and oxygen atoms in total. The summed E-state index contributed by atoms with van der Waals surface area (Å²) in [7, 11) is 0. The summed E-state index contributed by atoms with van der Waals surface area (Å²) in [5.41, 5.74) is -0.0303. The zero-order valence-corrected chi connectivity index (χ0v) is 15.8. The number of carbonyl (C=O) groups excluding carboxylic acids is 1. The van der Waals surface area contributed by atoms with Crippen LogP contribution in [0.4, 0.5) is 0 Å². The van der Waals surface area contributed by atoms with Crippen molar-refractivity contribution < 1.29 is 4.79 Å². The van der Waals surface area contributed by atoms with Crippen LogP contribution in [0.5, 0.6) is 0 Å². The zero-order valence-electron chi connectivity index (χ0n) is 14.9. The molecule has 0 aliphatic heterocycles. The lowest BCUT2D eigenvalue weighted by Gasteiger charge is -2.56. The van der Waals surface area contributed by atoms with Crippen LogP contribution in [0.2, 0.25) is 0 Å². The molecule has 0 aromatic carbocycles. The van der Waals surface area contributed by atoms with Crippen LogP contribution in [0.1, 0.15) is 59.3 Å². The van der Waals surface area contributed by atoms with E-state index in [1.807, 2.05) is 4.68 Å². The van der Waals surface area contributed by atoms with E-state index in [0.717, 1.165) is 48.7 Å². The van der Waals surface area contributed by atoms with Gasteiger partial charge in [-0.15, -0.1) is 5.10 Å². The van der Waals surface area contributed by atoms with E-state index < -0.39 is 0 Å². The maximum absolute atomic E-state index is 13.4. The molecule has 1 aromatic rings. The lowest BCUT2D eigenvalue weighted by atomic mass is 9.48. The van der Waals surface area contributed by atoms with E-state index in [1.165, 1.54) is 19.3 Å². The Bertz CT molecular complexity index is 591. The van der Waals surface area contributed by atoms with Gasteiger partial charge in [-0.05, 0) is 79.5 Å². The highest BCUT2D eigenvalue weighted by Gasteiger charge is 2.55. The van der Waals surface area contributed by atoms with E-state index in [9.17, 15) is 4.79 Å². The van der Waals surface area contributed by atoms with Gasteiger partial charge >= 0.3 is 0 Å². The number of ketones is 1. The van der Waals surface area contributed by atoms with Crippen LogP contribution in [-0.2, 0) is 11.3 Å². The molecule has 1 unspecified atom stereocenters. The number of hydrogen-bond acceptors (Lipinski definition) is 5. The highest BCUT2D eigenvalue weighted by molar-refractivity contribution is 8.00. The highest BCUT2D eigenvalue weighted by Crippen LogP contribution is 2.61. The minimum Gasteiger partial charge on any atom is -0.298 e. The van der Waals surface area contributed by atoms with Crippen LogP contribution in [0.3, 0.4) is 0 Å². The van der Waals surface area contributed by atoms with Crippen molar-refractivity contribution in [3.8, 4) is 0 Å². The van der Waals surface area contributed by atoms with Crippen LogP contribution in [0.25, 0.3) is 0 Å². The van der Waals surface area contributed by atoms with E-state index in [2.05, 4.69) is 36.3 Å². The first-order valence-corrected chi connectivity index (χ1v) is 10.3. The molecule has 4 saturated carbocycles. The van der Waals surface area contributed by atoms with E-state index in [1.54, 1.807) is 11.8 Å². The minimum atomic E-state index is -0.0573. The second kappa shape index (κ2) is 6.11. The number of Topliss-reactive ketones (excluding diaryl/α,β-unsaturated/α-hetero) is 1. The van der Waals surface area contributed by atoms with Crippen molar-refractivity contribution in [2.24, 2.45) is 29.1 Å². The Morgan fingerprint density at radius 1 is 1.17 bits per heavy atom. The number of hydrogen-bond donors (Lipinski definition) is 0. The molecule has 24 heavy (non-hydrogen) atoms. The van der Waals surface area contributed by atoms with Gasteiger partial charge in [-0.3, -0.25) is 4.79 Å². The second-order valence-corrected chi connectivity index (χ2v) is 10.2. The summed E-state index contributed by atoms with van der Waals surface area (Å²) in [6.07, 6.45) is 7.54. The van der Waals surface area contributed by atoms with Gasteiger partial charge in [0, 0.05) is 12.0 Å². The van der Waals surface area contributed by atoms with E-state index >= 15 is 0 Å². The smallest absolute Gasteiger partial charge is 0.210 e. The van der Waals surface area contributed by atoms with Gasteiger partial charge < -0.3 is 0 Å². The summed E-state index contributed by atoms with van der Waals surface area (Å²) < 4.78 is 1.85. The van der Waals surface area contributed by atoms with Gasteiger partial charge in [0.15, 0.2) is 5.78 Å². The Morgan fingerprint density at radius 2 is 1.75 bits per heavy atom. The molecule has 5 rings (SSSR count). The third-order valence-electron chi connectivity index (χ3n) is 6.25. The Hall–Kier alpha value is -0.910. The van der Waals surface area contributed by atoms with Crippen LogP contribution in [0, 0.1) is 29.1 Å². The summed E-state index contributed by atoms with van der Waals surface area (Å²) in [6.45, 7) is 7.16. The largest absolute Gasteiger partial charge is 0.298 e. The fourth-order valence-electron chi connectivity index (χ4n) is 5.80. The van der Waals surface area contributed by atoms with Crippen LogP contribution in [0.15, 0.2) is 5.16 Å². The van der Waals surface area contributed by atoms with Gasteiger partial charge in [-0.25, -0.2) is 4.68 Å². The molecular weight excluding hydrogens is 320 g/mol. The molecule has 4 aliphatic rings. The summed E-state index contributed by atoms with van der Waals surface area (Å²) in [6, 6.07) is 0. The van der Waals surface area contributed by atoms with E-state index in [4.69, 9.17) is 0 Å². The molecule has 6 heteroatoms. The number of thioether (sulfide) groups is 1. The maximum Gasteiger partial charge on any atom is 0.210 e. The summed E-state index contributed by atoms with van der Waals surface area (Å²) in [4.78, 5) is 13.4. The van der Waals surface area contributed by atoms with Crippen molar-refractivity contribution in [1.29, 1.82) is 0 Å². The van der Waals surface area contributed by atoms with Crippen LogP contribution >= 0.6 is 11.8 Å². The molecule has 0 amide bonds. The topological polar surface area (TPSA) is 60.7 Å². The molecule has 4 aliphatic carbocycles. The second-order valence-electron chi connectivity index (χ2n) is 8.86. The van der Waals surface area contributed by atoms with Crippen molar-refractivity contribution in [3.63, 3.8) is 0 Å². The average Bonchev–Trinajstić information content (AvgIpc) is 2.91. The molecule has 0 N–H and O–H groups in total. The molecule has 132 valence electrons. The normalized spacial score (nSPS) is 35.6. The van der Waals surface area contributed by atoms with Crippen LogP contribution < -0.4 is 0 Å². The number of aromatic nitrogens is 4. The monoisotopic (exact) mass is 348 g/mol. The highest BCUT2D eigenvalue weighted by atomic mass is 32.2. The molecule has 4 fully saturated rings. The van der Waals surface area contributed by atoms with Gasteiger partial charge in [0.05, 0.1) is 5.25 Å². The molecule has 1 heterocycles.